The summed E-state index contributed by atoms with van der Waals surface area (Å²) in [6.45, 7) is 0. The Morgan fingerprint density at radius 2 is 1.03 bits per heavy atom. The third kappa shape index (κ3) is 6.76. The van der Waals surface area contributed by atoms with Gasteiger partial charge in [-0.1, -0.05) is 0 Å². The molecule has 0 spiro atoms. The van der Waals surface area contributed by atoms with E-state index in [1.165, 1.54) is 14.2 Å². The van der Waals surface area contributed by atoms with E-state index < -0.39 is 0 Å². The number of carbonyl (C=O) groups is 2. The van der Waals surface area contributed by atoms with Crippen molar-refractivity contribution in [3.8, 4) is 11.5 Å². The van der Waals surface area contributed by atoms with Crippen LogP contribution in [0, 0.1) is 10.8 Å². The fourth-order valence-electron chi connectivity index (χ4n) is 2.41. The molecule has 0 saturated heterocycles. The number of carbonyl (C=O) groups excluding carboxylic acids is 2. The average molecular weight is 398 g/mol. The van der Waals surface area contributed by atoms with Gasteiger partial charge in [0, 0.05) is 24.0 Å². The maximum Gasteiger partial charge on any atom is 0.385 e. The summed E-state index contributed by atoms with van der Waals surface area (Å²) in [6.07, 6.45) is 0.243. The minimum absolute atomic E-state index is 0.0759. The second-order valence-corrected chi connectivity index (χ2v) is 5.94. The summed E-state index contributed by atoms with van der Waals surface area (Å²) in [4.78, 5) is 24.5. The molecule has 2 rings (SSSR count). The van der Waals surface area contributed by atoms with Gasteiger partial charge in [0.2, 0.25) is 0 Å². The highest BCUT2D eigenvalue weighted by Gasteiger charge is 2.11. The second-order valence-electron chi connectivity index (χ2n) is 5.94. The molecular formula is C21H22N2O6. The molecule has 0 amide bonds. The van der Waals surface area contributed by atoms with Gasteiger partial charge < -0.3 is 18.9 Å². The molecule has 8 heteroatoms. The van der Waals surface area contributed by atoms with Crippen LogP contribution in [-0.2, 0) is 9.47 Å². The molecule has 2 N–H and O–H groups in total. The molecule has 0 heterocycles. The minimum Gasteiger partial charge on any atom is -0.454 e. The van der Waals surface area contributed by atoms with E-state index in [-0.39, 0.29) is 36.6 Å². The van der Waals surface area contributed by atoms with E-state index in [1.807, 2.05) is 0 Å². The number of nitrogens with one attached hydrogen (secondary N) is 2. The van der Waals surface area contributed by atoms with Gasteiger partial charge in [-0.05, 0) is 55.0 Å². The molecule has 0 radical (unpaired) electrons. The van der Waals surface area contributed by atoms with Crippen molar-refractivity contribution in [3.63, 3.8) is 0 Å². The number of hydrogen-bond donors (Lipinski definition) is 2. The Hall–Kier alpha value is -3.68. The van der Waals surface area contributed by atoms with Crippen LogP contribution >= 0.6 is 0 Å². The van der Waals surface area contributed by atoms with Crippen LogP contribution in [0.15, 0.2) is 48.5 Å². The number of ether oxygens (including phenoxy) is 4. The first-order chi connectivity index (χ1) is 13.9. The molecule has 0 aromatic heterocycles. The first kappa shape index (κ1) is 21.6. The molecule has 152 valence electrons. The molecule has 0 fully saturated rings. The third-order valence-electron chi connectivity index (χ3n) is 3.95. The Balaban J connectivity index is 1.81. The van der Waals surface area contributed by atoms with Gasteiger partial charge >= 0.3 is 12.2 Å². The van der Waals surface area contributed by atoms with Crippen molar-refractivity contribution in [2.45, 2.75) is 19.3 Å². The molecule has 0 aliphatic carbocycles. The van der Waals surface area contributed by atoms with Gasteiger partial charge in [0.15, 0.2) is 11.6 Å². The van der Waals surface area contributed by atoms with E-state index in [1.54, 1.807) is 48.5 Å². The van der Waals surface area contributed by atoms with E-state index in [0.29, 0.717) is 29.0 Å². The van der Waals surface area contributed by atoms with Crippen molar-refractivity contribution in [1.82, 2.24) is 0 Å². The summed E-state index contributed by atoms with van der Waals surface area (Å²) >= 11 is 0. The highest BCUT2D eigenvalue weighted by Crippen LogP contribution is 2.17. The standard InChI is InChI=1S/C21H22N2O6/c1-26-20(22)28-16-10-6-14(7-11-16)18(24)4-3-5-19(25)15-8-12-17(13-9-15)29-21(23)27-2/h6-13,22-23H,3-5H2,1-2H3. The maximum atomic E-state index is 12.3. The lowest BCUT2D eigenvalue weighted by Gasteiger charge is -2.07. The number of rotatable bonds is 8. The molecule has 0 saturated carbocycles. The average Bonchev–Trinajstić information content (AvgIpc) is 2.74. The van der Waals surface area contributed by atoms with Gasteiger partial charge in [-0.15, -0.1) is 0 Å². The van der Waals surface area contributed by atoms with Crippen molar-refractivity contribution in [2.24, 2.45) is 0 Å². The number of methoxy groups -OCH3 is 2. The number of benzene rings is 2. The van der Waals surface area contributed by atoms with E-state index in [4.69, 9.17) is 20.3 Å². The second kappa shape index (κ2) is 10.6. The molecule has 0 bridgehead atoms. The molecule has 29 heavy (non-hydrogen) atoms. The highest BCUT2D eigenvalue weighted by molar-refractivity contribution is 5.98. The number of hydrogen-bond acceptors (Lipinski definition) is 8. The van der Waals surface area contributed by atoms with Crippen LogP contribution in [0.3, 0.4) is 0 Å². The molecule has 0 unspecified atom stereocenters. The first-order valence-corrected chi connectivity index (χ1v) is 8.80. The molecule has 0 aliphatic heterocycles. The van der Waals surface area contributed by atoms with Crippen molar-refractivity contribution in [3.05, 3.63) is 59.7 Å². The smallest absolute Gasteiger partial charge is 0.385 e. The molecule has 8 nitrogen and oxygen atoms in total. The largest absolute Gasteiger partial charge is 0.454 e. The summed E-state index contributed by atoms with van der Waals surface area (Å²) in [7, 11) is 2.66. The fourth-order valence-corrected chi connectivity index (χ4v) is 2.41. The van der Waals surface area contributed by atoms with E-state index in [0.717, 1.165) is 0 Å². The predicted molar refractivity (Wildman–Crippen MR) is 106 cm³/mol. The highest BCUT2D eigenvalue weighted by atomic mass is 16.7. The topological polar surface area (TPSA) is 119 Å². The summed E-state index contributed by atoms with van der Waals surface area (Å²) < 4.78 is 19.4. The van der Waals surface area contributed by atoms with Crippen molar-refractivity contribution < 1.29 is 28.5 Å². The Morgan fingerprint density at radius 3 is 1.34 bits per heavy atom. The summed E-state index contributed by atoms with van der Waals surface area (Å²) in [6, 6.07) is 12.8. The Bertz CT molecular complexity index is 802. The van der Waals surface area contributed by atoms with E-state index >= 15 is 0 Å². The van der Waals surface area contributed by atoms with Crippen LogP contribution in [0.5, 0.6) is 11.5 Å². The molecule has 2 aromatic carbocycles. The Kier molecular flexibility index (Phi) is 7.90. The third-order valence-corrected chi connectivity index (χ3v) is 3.95. The van der Waals surface area contributed by atoms with Crippen LogP contribution in [0.2, 0.25) is 0 Å². The van der Waals surface area contributed by atoms with Gasteiger partial charge in [0.1, 0.15) is 11.5 Å². The van der Waals surface area contributed by atoms with Gasteiger partial charge in [-0.25, -0.2) is 10.8 Å². The molecular weight excluding hydrogens is 376 g/mol. The molecule has 0 aliphatic rings. The van der Waals surface area contributed by atoms with E-state index in [9.17, 15) is 9.59 Å². The predicted octanol–water partition coefficient (Wildman–Crippen LogP) is 3.84. The SMILES string of the molecule is COC(=N)Oc1ccc(C(=O)CCCC(=O)c2ccc(OC(=N)OC)cc2)cc1. The number of ketones is 2. The van der Waals surface area contributed by atoms with Crippen molar-refractivity contribution in [1.29, 1.82) is 10.8 Å². The lowest BCUT2D eigenvalue weighted by atomic mass is 10.0. The van der Waals surface area contributed by atoms with Crippen molar-refractivity contribution >= 4 is 23.7 Å². The number of Topliss-reactive ketones (excluding diaryl/α,β-unsaturated/α-hetero) is 2. The van der Waals surface area contributed by atoms with Crippen LogP contribution in [0.1, 0.15) is 40.0 Å². The van der Waals surface area contributed by atoms with Crippen molar-refractivity contribution in [2.75, 3.05) is 14.2 Å². The lowest BCUT2D eigenvalue weighted by Crippen LogP contribution is -2.09. The van der Waals surface area contributed by atoms with Gasteiger partial charge in [0.25, 0.3) is 0 Å². The normalized spacial score (nSPS) is 10.0. The summed E-state index contributed by atoms with van der Waals surface area (Å²) in [5.74, 6) is 0.647. The quantitative estimate of drug-likeness (QED) is 0.396. The zero-order chi connectivity index (χ0) is 21.2. The van der Waals surface area contributed by atoms with Crippen LogP contribution in [0.4, 0.5) is 0 Å². The van der Waals surface area contributed by atoms with Crippen LogP contribution in [0.25, 0.3) is 0 Å². The van der Waals surface area contributed by atoms with Gasteiger partial charge in [0.05, 0.1) is 14.2 Å². The maximum absolute atomic E-state index is 12.3. The Labute approximate surface area is 168 Å². The lowest BCUT2D eigenvalue weighted by molar-refractivity contribution is 0.0957. The van der Waals surface area contributed by atoms with Gasteiger partial charge in [-0.3, -0.25) is 9.59 Å². The zero-order valence-corrected chi connectivity index (χ0v) is 16.2. The monoisotopic (exact) mass is 398 g/mol. The van der Waals surface area contributed by atoms with Gasteiger partial charge in [-0.2, -0.15) is 0 Å². The molecule has 0 atom stereocenters. The van der Waals surface area contributed by atoms with Crippen LogP contribution in [-0.4, -0.2) is 38.0 Å². The first-order valence-electron chi connectivity index (χ1n) is 8.80. The Morgan fingerprint density at radius 1 is 0.690 bits per heavy atom. The fraction of sp³-hybridized carbons (Fsp3) is 0.238. The minimum atomic E-state index is -0.334. The summed E-state index contributed by atoms with van der Waals surface area (Å²) in [5, 5.41) is 14.6. The van der Waals surface area contributed by atoms with Crippen LogP contribution < -0.4 is 9.47 Å². The van der Waals surface area contributed by atoms with E-state index in [2.05, 4.69) is 9.47 Å². The summed E-state index contributed by atoms with van der Waals surface area (Å²) in [5.41, 5.74) is 1.02. The molecule has 2 aromatic rings. The zero-order valence-electron chi connectivity index (χ0n) is 16.2.